The van der Waals surface area contributed by atoms with Crippen LogP contribution in [0.25, 0.3) is 11.0 Å². The number of rotatable bonds is 2. The normalized spacial score (nSPS) is 15.9. The molecule has 0 saturated carbocycles. The van der Waals surface area contributed by atoms with Gasteiger partial charge in [0.2, 0.25) is 0 Å². The number of aromatic nitrogens is 1. The third kappa shape index (κ3) is 3.36. The van der Waals surface area contributed by atoms with E-state index in [9.17, 15) is 14.4 Å². The van der Waals surface area contributed by atoms with Gasteiger partial charge in [-0.2, -0.15) is 0 Å². The van der Waals surface area contributed by atoms with E-state index in [0.717, 1.165) is 22.9 Å². The van der Waals surface area contributed by atoms with Gasteiger partial charge < -0.3 is 18.8 Å². The van der Waals surface area contributed by atoms with E-state index in [0.29, 0.717) is 43.7 Å². The number of aryl methyl sites for hydroxylation is 1. The van der Waals surface area contributed by atoms with Gasteiger partial charge in [-0.3, -0.25) is 14.4 Å². The van der Waals surface area contributed by atoms with Crippen molar-refractivity contribution in [1.82, 2.24) is 14.4 Å². The Bertz CT molecular complexity index is 1280. The van der Waals surface area contributed by atoms with Crippen molar-refractivity contribution in [3.8, 4) is 0 Å². The van der Waals surface area contributed by atoms with Gasteiger partial charge in [0.1, 0.15) is 11.1 Å². The third-order valence-electron chi connectivity index (χ3n) is 6.12. The maximum Gasteiger partial charge on any atom is 0.263 e. The minimum atomic E-state index is -0.277. The summed E-state index contributed by atoms with van der Waals surface area (Å²) in [5.41, 5.74) is 2.83. The number of carbonyl (C=O) groups excluding carboxylic acids is 2. The number of amides is 2. The minimum absolute atomic E-state index is 0.0909. The molecular weight excluding hydrogens is 394 g/mol. The molecule has 0 aliphatic carbocycles. The van der Waals surface area contributed by atoms with Crippen molar-refractivity contribution in [1.29, 1.82) is 0 Å². The van der Waals surface area contributed by atoms with E-state index < -0.39 is 0 Å². The van der Waals surface area contributed by atoms with E-state index in [1.807, 2.05) is 24.3 Å². The van der Waals surface area contributed by atoms with Crippen LogP contribution < -0.4 is 5.56 Å². The average molecular weight is 417 g/mol. The Hall–Kier alpha value is -3.61. The zero-order valence-corrected chi connectivity index (χ0v) is 17.3. The van der Waals surface area contributed by atoms with Crippen molar-refractivity contribution >= 4 is 22.8 Å². The Morgan fingerprint density at radius 1 is 1.03 bits per heavy atom. The van der Waals surface area contributed by atoms with Crippen molar-refractivity contribution in [2.24, 2.45) is 7.05 Å². The first-order valence-corrected chi connectivity index (χ1v) is 10.4. The van der Waals surface area contributed by atoms with Crippen molar-refractivity contribution in [3.05, 3.63) is 81.5 Å². The highest BCUT2D eigenvalue weighted by molar-refractivity contribution is 5.98. The lowest BCUT2D eigenvalue weighted by Crippen LogP contribution is -2.42. The van der Waals surface area contributed by atoms with Gasteiger partial charge in [0, 0.05) is 50.4 Å². The molecule has 7 heteroatoms. The van der Waals surface area contributed by atoms with E-state index >= 15 is 0 Å². The summed E-state index contributed by atoms with van der Waals surface area (Å²) in [6.45, 7) is 1.95. The second-order valence-electron chi connectivity index (χ2n) is 8.09. The van der Waals surface area contributed by atoms with Crippen LogP contribution in [0, 0.1) is 0 Å². The summed E-state index contributed by atoms with van der Waals surface area (Å²) in [7, 11) is 1.65. The van der Waals surface area contributed by atoms with E-state index in [4.69, 9.17) is 4.42 Å². The summed E-state index contributed by atoms with van der Waals surface area (Å²) < 4.78 is 6.88. The summed E-state index contributed by atoms with van der Waals surface area (Å²) in [5.74, 6) is -0.309. The smallest absolute Gasteiger partial charge is 0.263 e. The number of fused-ring (bicyclic) bond motifs is 2. The predicted molar refractivity (Wildman–Crippen MR) is 116 cm³/mol. The Morgan fingerprint density at radius 2 is 1.90 bits per heavy atom. The van der Waals surface area contributed by atoms with Gasteiger partial charge in [-0.05, 0) is 42.2 Å². The molecule has 0 unspecified atom stereocenters. The van der Waals surface area contributed by atoms with Gasteiger partial charge in [0.25, 0.3) is 17.4 Å². The van der Waals surface area contributed by atoms with Crippen LogP contribution in [0.5, 0.6) is 0 Å². The molecule has 0 saturated heterocycles. The van der Waals surface area contributed by atoms with Crippen LogP contribution in [-0.4, -0.2) is 45.8 Å². The van der Waals surface area contributed by atoms with Crippen molar-refractivity contribution in [2.45, 2.75) is 19.4 Å². The summed E-state index contributed by atoms with van der Waals surface area (Å²) in [4.78, 5) is 42.6. The van der Waals surface area contributed by atoms with E-state index in [1.54, 1.807) is 41.4 Å². The molecule has 0 fully saturated rings. The number of hydrogen-bond donors (Lipinski definition) is 0. The number of hydrogen-bond acceptors (Lipinski definition) is 4. The average Bonchev–Trinajstić information content (AvgIpc) is 3.27. The zero-order valence-electron chi connectivity index (χ0n) is 17.3. The number of nitrogens with zero attached hydrogens (tertiary/aromatic N) is 3. The van der Waals surface area contributed by atoms with Crippen molar-refractivity contribution in [2.75, 3.05) is 19.6 Å². The molecule has 7 nitrogen and oxygen atoms in total. The van der Waals surface area contributed by atoms with Crippen LogP contribution >= 0.6 is 0 Å². The Morgan fingerprint density at radius 3 is 2.71 bits per heavy atom. The highest BCUT2D eigenvalue weighted by Gasteiger charge is 2.30. The van der Waals surface area contributed by atoms with Crippen LogP contribution in [0.4, 0.5) is 0 Å². The second kappa shape index (κ2) is 7.58. The summed E-state index contributed by atoms with van der Waals surface area (Å²) in [5, 5.41) is 0.950. The first-order valence-electron chi connectivity index (χ1n) is 10.4. The van der Waals surface area contributed by atoms with E-state index in [1.165, 1.54) is 4.57 Å². The van der Waals surface area contributed by atoms with Gasteiger partial charge in [0.15, 0.2) is 0 Å². The SMILES string of the molecule is Cn1cc2c(c(C(=O)N3CC=CCC3)c1=O)CCN(C(=O)c1ccc3ccoc3c1)C2. The number of furan rings is 1. The van der Waals surface area contributed by atoms with Crippen molar-refractivity contribution < 1.29 is 14.0 Å². The van der Waals surface area contributed by atoms with E-state index in [-0.39, 0.29) is 22.9 Å². The highest BCUT2D eigenvalue weighted by Crippen LogP contribution is 2.25. The molecule has 2 aliphatic rings. The minimum Gasteiger partial charge on any atom is -0.464 e. The number of benzene rings is 1. The molecule has 0 N–H and O–H groups in total. The maximum atomic E-state index is 13.2. The predicted octanol–water partition coefficient (Wildman–Crippen LogP) is 2.73. The monoisotopic (exact) mass is 417 g/mol. The van der Waals surface area contributed by atoms with Crippen LogP contribution in [0.3, 0.4) is 0 Å². The van der Waals surface area contributed by atoms with Gasteiger partial charge in [0.05, 0.1) is 6.26 Å². The lowest BCUT2D eigenvalue weighted by molar-refractivity contribution is 0.0732. The fourth-order valence-electron chi connectivity index (χ4n) is 4.44. The number of carbonyl (C=O) groups is 2. The van der Waals surface area contributed by atoms with Crippen LogP contribution in [0.1, 0.15) is 38.3 Å². The molecule has 0 atom stereocenters. The van der Waals surface area contributed by atoms with Gasteiger partial charge in [-0.15, -0.1) is 0 Å². The molecule has 31 heavy (non-hydrogen) atoms. The molecule has 2 amide bonds. The summed E-state index contributed by atoms with van der Waals surface area (Å²) in [6, 6.07) is 7.29. The molecule has 158 valence electrons. The number of pyridine rings is 1. The standard InChI is InChI=1S/C24H23N3O4/c1-25-14-18-15-27(22(28)17-6-5-16-8-12-31-20(16)13-17)11-7-19(18)21(23(25)29)24(30)26-9-3-2-4-10-26/h2-3,5-6,8,12-14H,4,7,9-11,15H2,1H3. The topological polar surface area (TPSA) is 75.8 Å². The molecule has 0 spiro atoms. The molecule has 3 aromatic rings. The molecule has 1 aromatic carbocycles. The lowest BCUT2D eigenvalue weighted by Gasteiger charge is -2.31. The summed E-state index contributed by atoms with van der Waals surface area (Å²) in [6.07, 6.45) is 8.63. The van der Waals surface area contributed by atoms with Gasteiger partial charge >= 0.3 is 0 Å². The Balaban J connectivity index is 1.46. The molecule has 4 heterocycles. The van der Waals surface area contributed by atoms with Gasteiger partial charge in [-0.25, -0.2) is 0 Å². The fraction of sp³-hybridized carbons (Fsp3) is 0.292. The quantitative estimate of drug-likeness (QED) is 0.601. The first-order chi connectivity index (χ1) is 15.0. The molecule has 2 aromatic heterocycles. The largest absolute Gasteiger partial charge is 0.464 e. The van der Waals surface area contributed by atoms with Crippen LogP contribution in [-0.2, 0) is 20.0 Å². The molecule has 0 bridgehead atoms. The second-order valence-corrected chi connectivity index (χ2v) is 8.09. The van der Waals surface area contributed by atoms with E-state index in [2.05, 4.69) is 0 Å². The van der Waals surface area contributed by atoms with Crippen LogP contribution in [0.15, 0.2) is 58.1 Å². The maximum absolute atomic E-state index is 13.2. The highest BCUT2D eigenvalue weighted by atomic mass is 16.3. The fourth-order valence-corrected chi connectivity index (χ4v) is 4.44. The molecule has 2 aliphatic heterocycles. The first kappa shape index (κ1) is 19.4. The Labute approximate surface area is 179 Å². The third-order valence-corrected chi connectivity index (χ3v) is 6.12. The zero-order chi connectivity index (χ0) is 21.5. The summed E-state index contributed by atoms with van der Waals surface area (Å²) >= 11 is 0. The van der Waals surface area contributed by atoms with Crippen molar-refractivity contribution in [3.63, 3.8) is 0 Å². The molecule has 5 rings (SSSR count). The Kier molecular flexibility index (Phi) is 4.73. The lowest BCUT2D eigenvalue weighted by atomic mass is 9.95. The van der Waals surface area contributed by atoms with Gasteiger partial charge in [-0.1, -0.05) is 18.2 Å². The molecule has 0 radical (unpaired) electrons. The van der Waals surface area contributed by atoms with Crippen LogP contribution in [0.2, 0.25) is 0 Å². The molecular formula is C24H23N3O4.